The predicted octanol–water partition coefficient (Wildman–Crippen LogP) is 6.63. The molecule has 1 amide bonds. The molecule has 3 rings (SSSR count). The SMILES string of the molecule is CCN(CC)CCN(C(=O)CCCSc1ccc(Cl)cc1)c1nc2ccc(OC)cc2s1.Cl. The van der Waals surface area contributed by atoms with Gasteiger partial charge in [0, 0.05) is 29.4 Å². The highest BCUT2D eigenvalue weighted by Crippen LogP contribution is 2.32. The number of likely N-dealkylation sites (N-methyl/N-ethyl adjacent to an activating group) is 1. The summed E-state index contributed by atoms with van der Waals surface area (Å²) in [5.41, 5.74) is 0.893. The van der Waals surface area contributed by atoms with Crippen LogP contribution in [0.1, 0.15) is 26.7 Å². The maximum atomic E-state index is 13.2. The molecule has 0 aliphatic carbocycles. The second-order valence-electron chi connectivity index (χ2n) is 7.31. The molecule has 0 radical (unpaired) electrons. The number of thiazole rings is 1. The smallest absolute Gasteiger partial charge is 0.228 e. The zero-order valence-electron chi connectivity index (χ0n) is 19.3. The standard InChI is InChI=1S/C24H30ClN3O2S2.ClH/c1-4-27(5-2)14-15-28(24-26-21-13-10-19(30-3)17-22(21)32-24)23(29)7-6-16-31-20-11-8-18(25)9-12-20;/h8-13,17H,4-7,14-16H2,1-3H3;1H. The van der Waals surface area contributed by atoms with E-state index >= 15 is 0 Å². The van der Waals surface area contributed by atoms with Gasteiger partial charge in [0.25, 0.3) is 0 Å². The molecule has 0 fully saturated rings. The van der Waals surface area contributed by atoms with Crippen molar-refractivity contribution in [2.45, 2.75) is 31.6 Å². The van der Waals surface area contributed by atoms with Crippen molar-refractivity contribution in [2.75, 3.05) is 43.9 Å². The summed E-state index contributed by atoms with van der Waals surface area (Å²) in [6.07, 6.45) is 1.31. The zero-order valence-corrected chi connectivity index (χ0v) is 22.5. The van der Waals surface area contributed by atoms with E-state index in [0.717, 1.165) is 57.9 Å². The van der Waals surface area contributed by atoms with Gasteiger partial charge in [-0.15, -0.1) is 24.2 Å². The van der Waals surface area contributed by atoms with Crippen LogP contribution in [-0.4, -0.2) is 54.8 Å². The quantitative estimate of drug-likeness (QED) is 0.195. The number of anilines is 1. The molecule has 2 aromatic carbocycles. The number of hydrogen-bond donors (Lipinski definition) is 0. The summed E-state index contributed by atoms with van der Waals surface area (Å²) in [6, 6.07) is 13.7. The lowest BCUT2D eigenvalue weighted by atomic mass is 10.3. The lowest BCUT2D eigenvalue weighted by molar-refractivity contribution is -0.118. The monoisotopic (exact) mass is 527 g/mol. The Hall–Kier alpha value is -1.51. The van der Waals surface area contributed by atoms with Crippen molar-refractivity contribution in [1.82, 2.24) is 9.88 Å². The van der Waals surface area contributed by atoms with Crippen LogP contribution in [0.25, 0.3) is 10.2 Å². The fraction of sp³-hybridized carbons (Fsp3) is 0.417. The fourth-order valence-electron chi connectivity index (χ4n) is 3.32. The van der Waals surface area contributed by atoms with Crippen molar-refractivity contribution in [1.29, 1.82) is 0 Å². The van der Waals surface area contributed by atoms with E-state index in [4.69, 9.17) is 21.3 Å². The molecule has 1 heterocycles. The van der Waals surface area contributed by atoms with Gasteiger partial charge in [-0.25, -0.2) is 4.98 Å². The zero-order chi connectivity index (χ0) is 22.9. The number of carbonyl (C=O) groups is 1. The second kappa shape index (κ2) is 14.0. The van der Waals surface area contributed by atoms with Crippen molar-refractivity contribution < 1.29 is 9.53 Å². The van der Waals surface area contributed by atoms with Crippen LogP contribution in [-0.2, 0) is 4.79 Å². The third-order valence-electron chi connectivity index (χ3n) is 5.27. The molecule has 9 heteroatoms. The highest BCUT2D eigenvalue weighted by atomic mass is 35.5. The maximum Gasteiger partial charge on any atom is 0.228 e. The van der Waals surface area contributed by atoms with Crippen LogP contribution in [0.15, 0.2) is 47.4 Å². The minimum atomic E-state index is 0. The molecule has 0 aliphatic rings. The molecule has 0 spiro atoms. The Morgan fingerprint density at radius 1 is 1.12 bits per heavy atom. The first-order chi connectivity index (χ1) is 15.5. The number of rotatable bonds is 12. The molecule has 0 bridgehead atoms. The summed E-state index contributed by atoms with van der Waals surface area (Å²) in [7, 11) is 1.66. The van der Waals surface area contributed by atoms with Gasteiger partial charge in [0.05, 0.1) is 17.3 Å². The Balaban J connectivity index is 0.00000385. The maximum absolute atomic E-state index is 13.2. The molecule has 0 N–H and O–H groups in total. The van der Waals surface area contributed by atoms with E-state index in [2.05, 4.69) is 18.7 Å². The minimum Gasteiger partial charge on any atom is -0.497 e. The van der Waals surface area contributed by atoms with Gasteiger partial charge >= 0.3 is 0 Å². The Kier molecular flexibility index (Phi) is 11.8. The van der Waals surface area contributed by atoms with Crippen LogP contribution in [0.4, 0.5) is 5.13 Å². The first-order valence-electron chi connectivity index (χ1n) is 10.9. The number of halogens is 2. The Labute approximate surface area is 215 Å². The number of hydrogen-bond acceptors (Lipinski definition) is 6. The molecular weight excluding hydrogens is 497 g/mol. The van der Waals surface area contributed by atoms with E-state index in [1.165, 1.54) is 4.90 Å². The molecule has 5 nitrogen and oxygen atoms in total. The third-order valence-corrected chi connectivity index (χ3v) is 7.66. The highest BCUT2D eigenvalue weighted by molar-refractivity contribution is 7.99. The average molecular weight is 529 g/mol. The van der Waals surface area contributed by atoms with Gasteiger partial charge < -0.3 is 9.64 Å². The van der Waals surface area contributed by atoms with E-state index in [-0.39, 0.29) is 18.3 Å². The second-order valence-corrected chi connectivity index (χ2v) is 9.92. The van der Waals surface area contributed by atoms with Crippen LogP contribution in [0, 0.1) is 0 Å². The number of benzene rings is 2. The average Bonchev–Trinajstić information content (AvgIpc) is 3.23. The number of ether oxygens (including phenoxy) is 1. The Bertz CT molecular complexity index is 1010. The molecule has 0 unspecified atom stereocenters. The summed E-state index contributed by atoms with van der Waals surface area (Å²) in [5, 5.41) is 1.50. The number of carbonyl (C=O) groups excluding carboxylic acids is 1. The van der Waals surface area contributed by atoms with Crippen LogP contribution in [0.5, 0.6) is 5.75 Å². The first kappa shape index (κ1) is 27.7. The molecule has 0 aliphatic heterocycles. The van der Waals surface area contributed by atoms with Crippen LogP contribution < -0.4 is 9.64 Å². The lowest BCUT2D eigenvalue weighted by Crippen LogP contribution is -2.38. The topological polar surface area (TPSA) is 45.7 Å². The first-order valence-corrected chi connectivity index (χ1v) is 13.1. The van der Waals surface area contributed by atoms with E-state index in [1.807, 2.05) is 47.4 Å². The van der Waals surface area contributed by atoms with Gasteiger partial charge in [0.2, 0.25) is 5.91 Å². The van der Waals surface area contributed by atoms with Crippen molar-refractivity contribution in [3.8, 4) is 5.75 Å². The summed E-state index contributed by atoms with van der Waals surface area (Å²) >= 11 is 9.24. The summed E-state index contributed by atoms with van der Waals surface area (Å²) in [4.78, 5) is 23.3. The Morgan fingerprint density at radius 2 is 1.85 bits per heavy atom. The molecule has 0 saturated carbocycles. The number of aromatic nitrogens is 1. The number of thioether (sulfide) groups is 1. The van der Waals surface area contributed by atoms with Crippen molar-refractivity contribution in [3.63, 3.8) is 0 Å². The molecule has 0 saturated heterocycles. The van der Waals surface area contributed by atoms with Crippen LogP contribution >= 0.6 is 47.1 Å². The predicted molar refractivity (Wildman–Crippen MR) is 145 cm³/mol. The van der Waals surface area contributed by atoms with E-state index < -0.39 is 0 Å². The van der Waals surface area contributed by atoms with Crippen molar-refractivity contribution in [3.05, 3.63) is 47.5 Å². The molecular formula is C24H31Cl2N3O2S2. The molecule has 180 valence electrons. The largest absolute Gasteiger partial charge is 0.497 e. The van der Waals surface area contributed by atoms with Crippen molar-refractivity contribution in [2.24, 2.45) is 0 Å². The van der Waals surface area contributed by atoms with E-state index in [0.29, 0.717) is 13.0 Å². The summed E-state index contributed by atoms with van der Waals surface area (Å²) in [5.74, 6) is 1.81. The highest BCUT2D eigenvalue weighted by Gasteiger charge is 2.20. The van der Waals surface area contributed by atoms with Gasteiger partial charge in [-0.3, -0.25) is 9.69 Å². The summed E-state index contributed by atoms with van der Waals surface area (Å²) in [6.45, 7) is 7.70. The number of amides is 1. The Morgan fingerprint density at radius 3 is 2.52 bits per heavy atom. The molecule has 3 aromatic rings. The van der Waals surface area contributed by atoms with Crippen molar-refractivity contribution >= 4 is 68.4 Å². The molecule has 33 heavy (non-hydrogen) atoms. The van der Waals surface area contributed by atoms with Crippen LogP contribution in [0.2, 0.25) is 5.02 Å². The third kappa shape index (κ3) is 8.04. The van der Waals surface area contributed by atoms with Gasteiger partial charge in [-0.2, -0.15) is 0 Å². The van der Waals surface area contributed by atoms with Gasteiger partial charge in [0.1, 0.15) is 5.75 Å². The number of methoxy groups -OCH3 is 1. The van der Waals surface area contributed by atoms with Gasteiger partial charge in [-0.1, -0.05) is 36.8 Å². The normalized spacial score (nSPS) is 10.9. The van der Waals surface area contributed by atoms with E-state index in [9.17, 15) is 4.79 Å². The number of nitrogens with zero attached hydrogens (tertiary/aromatic N) is 3. The number of fused-ring (bicyclic) bond motifs is 1. The van der Waals surface area contributed by atoms with Gasteiger partial charge in [-0.05, 0) is 67.7 Å². The molecule has 0 atom stereocenters. The molecule has 1 aromatic heterocycles. The lowest BCUT2D eigenvalue weighted by Gasteiger charge is -2.24. The summed E-state index contributed by atoms with van der Waals surface area (Å²) < 4.78 is 6.36. The van der Waals surface area contributed by atoms with Crippen LogP contribution in [0.3, 0.4) is 0 Å². The fourth-order valence-corrected chi connectivity index (χ4v) is 5.34. The minimum absolute atomic E-state index is 0. The van der Waals surface area contributed by atoms with Gasteiger partial charge in [0.15, 0.2) is 5.13 Å². The van der Waals surface area contributed by atoms with E-state index in [1.54, 1.807) is 30.2 Å².